The lowest BCUT2D eigenvalue weighted by Gasteiger charge is -2.33. The van der Waals surface area contributed by atoms with Crippen molar-refractivity contribution in [2.24, 2.45) is 11.8 Å². The number of anilines is 1. The van der Waals surface area contributed by atoms with Crippen LogP contribution in [0.15, 0.2) is 83.8 Å². The fourth-order valence-corrected chi connectivity index (χ4v) is 7.31. The molecule has 0 bridgehead atoms. The van der Waals surface area contributed by atoms with Crippen LogP contribution in [0.4, 0.5) is 5.69 Å². The second-order valence-corrected chi connectivity index (χ2v) is 14.9. The Morgan fingerprint density at radius 3 is 1.94 bits per heavy atom. The van der Waals surface area contributed by atoms with E-state index in [1.165, 1.54) is 35.5 Å². The quantitative estimate of drug-likeness (QED) is 0.149. The molecular formula is C36H44N4O8S. The highest BCUT2D eigenvalue weighted by molar-refractivity contribution is 7.89. The van der Waals surface area contributed by atoms with Gasteiger partial charge in [0.2, 0.25) is 15.9 Å². The van der Waals surface area contributed by atoms with Crippen molar-refractivity contribution in [2.75, 3.05) is 18.6 Å². The maximum Gasteiger partial charge on any atom is 0.329 e. The maximum absolute atomic E-state index is 14.1. The first-order valence-electron chi connectivity index (χ1n) is 16.2. The van der Waals surface area contributed by atoms with E-state index in [-0.39, 0.29) is 53.8 Å². The molecule has 49 heavy (non-hydrogen) atoms. The van der Waals surface area contributed by atoms with Crippen LogP contribution in [0, 0.1) is 11.8 Å². The number of carbonyl (C=O) groups excluding carboxylic acids is 4. The van der Waals surface area contributed by atoms with E-state index in [2.05, 4.69) is 10.8 Å². The summed E-state index contributed by atoms with van der Waals surface area (Å²) < 4.78 is 29.0. The van der Waals surface area contributed by atoms with Crippen LogP contribution in [0.1, 0.15) is 67.3 Å². The molecule has 0 aliphatic carbocycles. The molecule has 1 aliphatic rings. The fraction of sp³-hybridized carbons (Fsp3) is 0.389. The van der Waals surface area contributed by atoms with Gasteiger partial charge in [-0.15, -0.1) is 0 Å². The van der Waals surface area contributed by atoms with Crippen LogP contribution < -0.4 is 10.8 Å². The molecule has 4 rings (SSSR count). The van der Waals surface area contributed by atoms with Crippen LogP contribution in [-0.4, -0.2) is 77.7 Å². The topological polar surface area (TPSA) is 162 Å². The number of nitrogens with one attached hydrogen (secondary N) is 2. The van der Waals surface area contributed by atoms with Crippen molar-refractivity contribution in [3.8, 4) is 0 Å². The Balaban J connectivity index is 1.62. The van der Waals surface area contributed by atoms with Crippen LogP contribution in [0.5, 0.6) is 0 Å². The van der Waals surface area contributed by atoms with Gasteiger partial charge >= 0.3 is 5.97 Å². The zero-order valence-electron chi connectivity index (χ0n) is 28.3. The number of aliphatic hydroxyl groups is 1. The Bertz CT molecular complexity index is 1710. The molecule has 3 N–H and O–H groups in total. The molecule has 13 heteroatoms. The number of aliphatic hydroxyl groups excluding tert-OH is 1. The molecule has 0 fully saturated rings. The lowest BCUT2D eigenvalue weighted by Crippen LogP contribution is -2.56. The molecule has 0 radical (unpaired) electrons. The molecular weight excluding hydrogens is 648 g/mol. The molecule has 262 valence electrons. The molecule has 0 aromatic heterocycles. The number of rotatable bonds is 16. The molecule has 0 saturated carbocycles. The number of nitrogens with zero attached hydrogens (tertiary/aromatic N) is 2. The van der Waals surface area contributed by atoms with Crippen molar-refractivity contribution >= 4 is 39.4 Å². The number of sulfonamides is 1. The van der Waals surface area contributed by atoms with Crippen LogP contribution in [-0.2, 0) is 30.9 Å². The summed E-state index contributed by atoms with van der Waals surface area (Å²) in [6, 6.07) is 19.0. The first-order valence-corrected chi connectivity index (χ1v) is 17.7. The predicted octanol–water partition coefficient (Wildman–Crippen LogP) is 4.02. The fourth-order valence-electron chi connectivity index (χ4n) is 5.69. The van der Waals surface area contributed by atoms with Gasteiger partial charge in [-0.1, -0.05) is 70.2 Å². The maximum atomic E-state index is 14.1. The summed E-state index contributed by atoms with van der Waals surface area (Å²) in [4.78, 5) is 57.7. The molecule has 3 amide bonds. The molecule has 1 heterocycles. The van der Waals surface area contributed by atoms with Gasteiger partial charge in [-0.25, -0.2) is 13.9 Å². The molecule has 3 aromatic rings. The van der Waals surface area contributed by atoms with Crippen LogP contribution in [0.3, 0.4) is 0 Å². The van der Waals surface area contributed by atoms with Crippen molar-refractivity contribution in [1.82, 2.24) is 14.5 Å². The van der Waals surface area contributed by atoms with E-state index >= 15 is 0 Å². The van der Waals surface area contributed by atoms with E-state index in [4.69, 9.17) is 4.84 Å². The van der Waals surface area contributed by atoms with E-state index in [1.807, 2.05) is 58.0 Å². The van der Waals surface area contributed by atoms with Gasteiger partial charge < -0.3 is 15.3 Å². The Hall–Kier alpha value is -4.59. The van der Waals surface area contributed by atoms with Gasteiger partial charge in [0.15, 0.2) is 0 Å². The van der Waals surface area contributed by atoms with E-state index in [0.717, 1.165) is 10.5 Å². The van der Waals surface area contributed by atoms with E-state index in [1.54, 1.807) is 24.3 Å². The minimum atomic E-state index is -4.14. The average Bonchev–Trinajstić information content (AvgIpc) is 3.31. The summed E-state index contributed by atoms with van der Waals surface area (Å²) in [5, 5.41) is 14.6. The van der Waals surface area contributed by atoms with Gasteiger partial charge in [-0.05, 0) is 66.6 Å². The molecule has 0 spiro atoms. The van der Waals surface area contributed by atoms with Crippen LogP contribution in [0.25, 0.3) is 0 Å². The highest BCUT2D eigenvalue weighted by Gasteiger charge is 2.43. The van der Waals surface area contributed by atoms with Gasteiger partial charge in [0.25, 0.3) is 11.8 Å². The van der Waals surface area contributed by atoms with Crippen molar-refractivity contribution in [3.05, 3.63) is 95.6 Å². The Labute approximate surface area is 287 Å². The minimum Gasteiger partial charge on any atom is -0.390 e. The van der Waals surface area contributed by atoms with Crippen LogP contribution >= 0.6 is 0 Å². The van der Waals surface area contributed by atoms with Crippen molar-refractivity contribution in [2.45, 2.75) is 70.5 Å². The molecule has 3 atom stereocenters. The third kappa shape index (κ3) is 9.31. The lowest BCUT2D eigenvalue weighted by atomic mass is 9.98. The van der Waals surface area contributed by atoms with E-state index in [9.17, 15) is 32.7 Å². The average molecular weight is 693 g/mol. The number of carbonyl (C=O) groups is 4. The normalized spacial score (nSPS) is 14.9. The van der Waals surface area contributed by atoms with Gasteiger partial charge in [-0.2, -0.15) is 4.31 Å². The summed E-state index contributed by atoms with van der Waals surface area (Å²) in [6.45, 7) is 8.40. The first-order chi connectivity index (χ1) is 23.2. The third-order valence-electron chi connectivity index (χ3n) is 7.99. The highest BCUT2D eigenvalue weighted by Crippen LogP contribution is 2.28. The number of benzene rings is 3. The summed E-state index contributed by atoms with van der Waals surface area (Å²) in [6.07, 6.45) is -1.05. The van der Waals surface area contributed by atoms with E-state index < -0.39 is 51.9 Å². The zero-order valence-corrected chi connectivity index (χ0v) is 29.1. The monoisotopic (exact) mass is 692 g/mol. The second kappa shape index (κ2) is 16.2. The lowest BCUT2D eigenvalue weighted by molar-refractivity contribution is -0.138. The SMILES string of the molecule is CC(=O)ONc1ccc(S(=O)(=O)N(CC(C)C)C[C@@H](O)[C@H](Cc2ccccc2)NC(=O)[C@H](CC(C)C)N2C(=O)c3ccccc3C2=O)cc1. The van der Waals surface area contributed by atoms with Crippen molar-refractivity contribution in [3.63, 3.8) is 0 Å². The largest absolute Gasteiger partial charge is 0.390 e. The molecule has 3 aromatic carbocycles. The standard InChI is InChI=1S/C36H44N4O8S/c1-23(2)19-32(40-35(44)29-13-9-10-14-30(29)36(40)45)34(43)37-31(20-26-11-7-6-8-12-26)33(42)22-39(21-24(3)4)49(46,47)28-17-15-27(16-18-28)38-48-25(5)41/h6-18,23-24,31-33,38,42H,19-22H2,1-5H3,(H,37,43)/t31-,32-,33+/m0/s1. The van der Waals surface area contributed by atoms with Gasteiger partial charge in [0.05, 0.1) is 33.9 Å². The Morgan fingerprint density at radius 2 is 1.41 bits per heavy atom. The number of fused-ring (bicyclic) bond motifs is 1. The van der Waals surface area contributed by atoms with Crippen molar-refractivity contribution < 1.29 is 37.5 Å². The summed E-state index contributed by atoms with van der Waals surface area (Å²) in [5.74, 6) is -2.50. The summed E-state index contributed by atoms with van der Waals surface area (Å²) in [5.41, 5.74) is 4.03. The second-order valence-electron chi connectivity index (χ2n) is 13.0. The van der Waals surface area contributed by atoms with Gasteiger partial charge in [0, 0.05) is 20.0 Å². The number of amides is 3. The zero-order chi connectivity index (χ0) is 35.9. The molecule has 12 nitrogen and oxygen atoms in total. The number of hydrogen-bond donors (Lipinski definition) is 3. The minimum absolute atomic E-state index is 0.0417. The molecule has 0 saturated heterocycles. The number of imide groups is 1. The van der Waals surface area contributed by atoms with E-state index in [0.29, 0.717) is 5.69 Å². The van der Waals surface area contributed by atoms with Crippen LogP contribution in [0.2, 0.25) is 0 Å². The van der Waals surface area contributed by atoms with Gasteiger partial charge in [0.1, 0.15) is 6.04 Å². The Morgan fingerprint density at radius 1 is 0.837 bits per heavy atom. The van der Waals surface area contributed by atoms with Gasteiger partial charge in [-0.3, -0.25) is 24.1 Å². The molecule has 1 aliphatic heterocycles. The summed E-state index contributed by atoms with van der Waals surface area (Å²) in [7, 11) is -4.14. The first kappa shape index (κ1) is 37.2. The third-order valence-corrected chi connectivity index (χ3v) is 9.84. The predicted molar refractivity (Wildman–Crippen MR) is 184 cm³/mol. The number of hydrogen-bond acceptors (Lipinski definition) is 9. The molecule has 0 unspecified atom stereocenters. The smallest absolute Gasteiger partial charge is 0.329 e. The summed E-state index contributed by atoms with van der Waals surface area (Å²) >= 11 is 0. The highest BCUT2D eigenvalue weighted by atomic mass is 32.2. The Kier molecular flexibility index (Phi) is 12.3. The van der Waals surface area contributed by atoms with Crippen molar-refractivity contribution in [1.29, 1.82) is 0 Å².